The van der Waals surface area contributed by atoms with E-state index in [0.29, 0.717) is 12.8 Å². The van der Waals surface area contributed by atoms with Crippen LogP contribution in [0.1, 0.15) is 19.8 Å². The van der Waals surface area contributed by atoms with Crippen LogP contribution in [0.15, 0.2) is 0 Å². The Hall–Kier alpha value is -0.150. The van der Waals surface area contributed by atoms with Gasteiger partial charge in [-0.25, -0.2) is 4.39 Å². The molecule has 1 rings (SSSR count). The van der Waals surface area contributed by atoms with Gasteiger partial charge < -0.3 is 10.8 Å². The minimum absolute atomic E-state index is 0.0646. The molecule has 1 fully saturated rings. The van der Waals surface area contributed by atoms with Crippen molar-refractivity contribution in [3.05, 3.63) is 0 Å². The van der Waals surface area contributed by atoms with Crippen molar-refractivity contribution in [2.45, 2.75) is 38.1 Å². The number of alkyl halides is 1. The lowest BCUT2D eigenvalue weighted by Crippen LogP contribution is -2.43. The Labute approximate surface area is 60.2 Å². The summed E-state index contributed by atoms with van der Waals surface area (Å²) in [6.07, 6.45) is -0.509. The Bertz CT molecular complexity index is 94.2. The monoisotopic (exact) mass is 147 g/mol. The molecule has 0 saturated heterocycles. The maximum absolute atomic E-state index is 12.8. The lowest BCUT2D eigenvalue weighted by Gasteiger charge is -2.31. The second kappa shape index (κ2) is 2.84. The molecule has 3 N–H and O–H groups in total. The van der Waals surface area contributed by atoms with Gasteiger partial charge in [0.2, 0.25) is 0 Å². The van der Waals surface area contributed by atoms with Crippen molar-refractivity contribution in [3.8, 4) is 0 Å². The molecule has 0 bridgehead atoms. The molecule has 4 atom stereocenters. The highest BCUT2D eigenvalue weighted by atomic mass is 19.1. The lowest BCUT2D eigenvalue weighted by molar-refractivity contribution is 0.0336. The molecule has 3 heteroatoms. The number of rotatable bonds is 0. The topological polar surface area (TPSA) is 46.2 Å². The van der Waals surface area contributed by atoms with E-state index in [-0.39, 0.29) is 5.92 Å². The van der Waals surface area contributed by atoms with Gasteiger partial charge in [-0.3, -0.25) is 0 Å². The average molecular weight is 147 g/mol. The average Bonchev–Trinajstić information content (AvgIpc) is 1.84. The van der Waals surface area contributed by atoms with Gasteiger partial charge in [-0.1, -0.05) is 6.92 Å². The second-order valence-corrected chi connectivity index (χ2v) is 3.20. The largest absolute Gasteiger partial charge is 0.393 e. The van der Waals surface area contributed by atoms with E-state index in [1.165, 1.54) is 0 Å². The zero-order chi connectivity index (χ0) is 7.72. The summed E-state index contributed by atoms with van der Waals surface area (Å²) >= 11 is 0. The SMILES string of the molecule is CC1CC(F)C(N)CC1O. The van der Waals surface area contributed by atoms with Crippen LogP contribution in [-0.4, -0.2) is 23.4 Å². The molecule has 1 saturated carbocycles. The third kappa shape index (κ3) is 1.47. The Morgan fingerprint density at radius 2 is 2.10 bits per heavy atom. The summed E-state index contributed by atoms with van der Waals surface area (Å²) in [5.41, 5.74) is 5.40. The van der Waals surface area contributed by atoms with Gasteiger partial charge in [0.15, 0.2) is 0 Å². The molecular formula is C7H14FNO. The van der Waals surface area contributed by atoms with Crippen LogP contribution in [0.2, 0.25) is 0 Å². The van der Waals surface area contributed by atoms with Crippen molar-refractivity contribution in [2.75, 3.05) is 0 Å². The predicted octanol–water partition coefficient (Wildman–Crippen LogP) is 0.443. The van der Waals surface area contributed by atoms with Crippen LogP contribution in [-0.2, 0) is 0 Å². The highest BCUT2D eigenvalue weighted by Crippen LogP contribution is 2.25. The van der Waals surface area contributed by atoms with E-state index >= 15 is 0 Å². The van der Waals surface area contributed by atoms with Gasteiger partial charge in [0.1, 0.15) is 6.17 Å². The highest BCUT2D eigenvalue weighted by molar-refractivity contribution is 4.85. The molecule has 0 spiro atoms. The van der Waals surface area contributed by atoms with E-state index < -0.39 is 18.3 Å². The van der Waals surface area contributed by atoms with E-state index in [0.717, 1.165) is 0 Å². The zero-order valence-electron chi connectivity index (χ0n) is 6.13. The van der Waals surface area contributed by atoms with Crippen molar-refractivity contribution in [1.29, 1.82) is 0 Å². The number of aliphatic hydroxyl groups is 1. The van der Waals surface area contributed by atoms with Crippen molar-refractivity contribution >= 4 is 0 Å². The molecule has 0 aliphatic heterocycles. The maximum atomic E-state index is 12.8. The van der Waals surface area contributed by atoms with Crippen LogP contribution >= 0.6 is 0 Å². The van der Waals surface area contributed by atoms with E-state index in [9.17, 15) is 9.50 Å². The molecular weight excluding hydrogens is 133 g/mol. The fourth-order valence-corrected chi connectivity index (χ4v) is 1.35. The fourth-order valence-electron chi connectivity index (χ4n) is 1.35. The van der Waals surface area contributed by atoms with Gasteiger partial charge in [0.05, 0.1) is 6.10 Å². The summed E-state index contributed by atoms with van der Waals surface area (Å²) in [5.74, 6) is 0.0646. The molecule has 1 aliphatic carbocycles. The van der Waals surface area contributed by atoms with E-state index in [1.54, 1.807) is 0 Å². The van der Waals surface area contributed by atoms with Crippen LogP contribution in [0.4, 0.5) is 4.39 Å². The molecule has 0 aromatic carbocycles. The Morgan fingerprint density at radius 3 is 2.60 bits per heavy atom. The van der Waals surface area contributed by atoms with Crippen LogP contribution in [0.5, 0.6) is 0 Å². The van der Waals surface area contributed by atoms with E-state index in [1.807, 2.05) is 6.92 Å². The number of hydrogen-bond acceptors (Lipinski definition) is 2. The fraction of sp³-hybridized carbons (Fsp3) is 1.00. The van der Waals surface area contributed by atoms with Gasteiger partial charge in [0, 0.05) is 6.04 Å². The van der Waals surface area contributed by atoms with Gasteiger partial charge in [-0.2, -0.15) is 0 Å². The van der Waals surface area contributed by atoms with Crippen LogP contribution in [0.3, 0.4) is 0 Å². The molecule has 0 radical (unpaired) electrons. The molecule has 0 aromatic heterocycles. The first-order chi connectivity index (χ1) is 4.61. The van der Waals surface area contributed by atoms with Crippen LogP contribution in [0.25, 0.3) is 0 Å². The molecule has 10 heavy (non-hydrogen) atoms. The van der Waals surface area contributed by atoms with Gasteiger partial charge in [0.25, 0.3) is 0 Å². The first kappa shape index (κ1) is 7.95. The highest BCUT2D eigenvalue weighted by Gasteiger charge is 2.31. The molecule has 0 heterocycles. The van der Waals surface area contributed by atoms with Crippen molar-refractivity contribution < 1.29 is 9.50 Å². The van der Waals surface area contributed by atoms with Crippen molar-refractivity contribution in [1.82, 2.24) is 0 Å². The molecule has 1 aliphatic rings. The number of aliphatic hydroxyl groups excluding tert-OH is 1. The maximum Gasteiger partial charge on any atom is 0.116 e. The number of halogens is 1. The van der Waals surface area contributed by atoms with Gasteiger partial charge >= 0.3 is 0 Å². The van der Waals surface area contributed by atoms with Gasteiger partial charge in [-0.05, 0) is 18.8 Å². The summed E-state index contributed by atoms with van der Waals surface area (Å²) in [4.78, 5) is 0. The molecule has 60 valence electrons. The minimum atomic E-state index is -0.918. The summed E-state index contributed by atoms with van der Waals surface area (Å²) in [6.45, 7) is 1.85. The predicted molar refractivity (Wildman–Crippen MR) is 37.3 cm³/mol. The normalized spacial score (nSPS) is 49.2. The quantitative estimate of drug-likeness (QED) is 0.522. The molecule has 2 nitrogen and oxygen atoms in total. The second-order valence-electron chi connectivity index (χ2n) is 3.20. The summed E-state index contributed by atoms with van der Waals surface area (Å²) < 4.78 is 12.8. The van der Waals surface area contributed by atoms with Crippen molar-refractivity contribution in [3.63, 3.8) is 0 Å². The molecule has 0 aromatic rings. The zero-order valence-corrected chi connectivity index (χ0v) is 6.13. The van der Waals surface area contributed by atoms with Crippen LogP contribution in [0, 0.1) is 5.92 Å². The lowest BCUT2D eigenvalue weighted by atomic mass is 9.84. The first-order valence-electron chi connectivity index (χ1n) is 3.69. The smallest absolute Gasteiger partial charge is 0.116 e. The first-order valence-corrected chi connectivity index (χ1v) is 3.69. The Kier molecular flexibility index (Phi) is 2.26. The minimum Gasteiger partial charge on any atom is -0.393 e. The van der Waals surface area contributed by atoms with Gasteiger partial charge in [-0.15, -0.1) is 0 Å². The Balaban J connectivity index is 2.46. The Morgan fingerprint density at radius 1 is 1.50 bits per heavy atom. The summed E-state index contributed by atoms with van der Waals surface area (Å²) in [7, 11) is 0. The van der Waals surface area contributed by atoms with Crippen molar-refractivity contribution in [2.24, 2.45) is 11.7 Å². The number of hydrogen-bond donors (Lipinski definition) is 2. The molecule has 4 unspecified atom stereocenters. The molecule has 0 amide bonds. The third-order valence-electron chi connectivity index (χ3n) is 2.23. The number of nitrogens with two attached hydrogens (primary N) is 1. The summed E-state index contributed by atoms with van der Waals surface area (Å²) in [6, 6.07) is -0.453. The standard InChI is InChI=1S/C7H14FNO/c1-4-2-5(8)6(9)3-7(4)10/h4-7,10H,2-3,9H2,1H3. The van der Waals surface area contributed by atoms with E-state index in [2.05, 4.69) is 0 Å². The van der Waals surface area contributed by atoms with Crippen LogP contribution < -0.4 is 5.73 Å². The van der Waals surface area contributed by atoms with E-state index in [4.69, 9.17) is 5.73 Å². The third-order valence-corrected chi connectivity index (χ3v) is 2.23. The summed E-state index contributed by atoms with van der Waals surface area (Å²) in [5, 5.41) is 9.22.